The summed E-state index contributed by atoms with van der Waals surface area (Å²) in [5, 5.41) is 0.874. The number of methoxy groups -OCH3 is 1. The minimum atomic E-state index is -0.313. The maximum Gasteiger partial charge on any atom is 0.338 e. The van der Waals surface area contributed by atoms with Gasteiger partial charge in [0.2, 0.25) is 5.88 Å². The van der Waals surface area contributed by atoms with E-state index in [0.29, 0.717) is 24.6 Å². The molecule has 0 amide bonds. The van der Waals surface area contributed by atoms with Gasteiger partial charge in [-0.15, -0.1) is 0 Å². The van der Waals surface area contributed by atoms with Gasteiger partial charge in [0.25, 0.3) is 0 Å². The summed E-state index contributed by atoms with van der Waals surface area (Å²) in [6.45, 7) is 2.77. The van der Waals surface area contributed by atoms with Crippen molar-refractivity contribution in [2.24, 2.45) is 0 Å². The molecule has 0 aliphatic carbocycles. The van der Waals surface area contributed by atoms with Crippen molar-refractivity contribution in [2.75, 3.05) is 13.7 Å². The van der Waals surface area contributed by atoms with Crippen LogP contribution in [0.25, 0.3) is 16.6 Å². The molecule has 6 nitrogen and oxygen atoms in total. The maximum absolute atomic E-state index is 12.0. The number of aromatic nitrogens is 3. The van der Waals surface area contributed by atoms with Crippen LogP contribution in [0.3, 0.4) is 0 Å². The SMILES string of the molecule is CCOC(=O)c1ccc(C(=CCn2ccc3c(OC)ncnc32)c2ccccc2)cc1. The summed E-state index contributed by atoms with van der Waals surface area (Å²) < 4.78 is 12.5. The Morgan fingerprint density at radius 1 is 0.968 bits per heavy atom. The number of hydrogen-bond acceptors (Lipinski definition) is 5. The second kappa shape index (κ2) is 9.26. The molecule has 0 bridgehead atoms. The van der Waals surface area contributed by atoms with Crippen molar-refractivity contribution in [1.82, 2.24) is 14.5 Å². The Labute approximate surface area is 180 Å². The average molecular weight is 413 g/mol. The molecule has 0 saturated heterocycles. The highest BCUT2D eigenvalue weighted by molar-refractivity contribution is 5.90. The number of rotatable bonds is 7. The lowest BCUT2D eigenvalue weighted by molar-refractivity contribution is 0.0526. The minimum absolute atomic E-state index is 0.313. The molecular weight excluding hydrogens is 390 g/mol. The summed E-state index contributed by atoms with van der Waals surface area (Å²) in [6, 6.07) is 19.6. The third-order valence-corrected chi connectivity index (χ3v) is 5.00. The molecular formula is C25H23N3O3. The van der Waals surface area contributed by atoms with Gasteiger partial charge in [-0.3, -0.25) is 0 Å². The first-order chi connectivity index (χ1) is 15.2. The van der Waals surface area contributed by atoms with E-state index < -0.39 is 0 Å². The van der Waals surface area contributed by atoms with Crippen LogP contribution in [0.2, 0.25) is 0 Å². The van der Waals surface area contributed by atoms with Gasteiger partial charge in [0.1, 0.15) is 12.0 Å². The third-order valence-electron chi connectivity index (χ3n) is 5.00. The summed E-state index contributed by atoms with van der Waals surface area (Å²) in [5.74, 6) is 0.247. The number of carbonyl (C=O) groups is 1. The Balaban J connectivity index is 1.70. The molecule has 0 spiro atoms. The standard InChI is InChI=1S/C25H23N3O3/c1-3-31-25(29)20-11-9-19(10-12-20)21(18-7-5-4-6-8-18)13-15-28-16-14-22-23(28)26-17-27-24(22)30-2/h4-14,16-17H,3,15H2,1-2H3. The molecule has 2 heterocycles. The quantitative estimate of drug-likeness (QED) is 0.409. The number of esters is 1. The molecule has 0 saturated carbocycles. The number of hydrogen-bond donors (Lipinski definition) is 0. The first-order valence-corrected chi connectivity index (χ1v) is 10.1. The number of benzene rings is 2. The van der Waals surface area contributed by atoms with Gasteiger partial charge in [-0.25, -0.2) is 14.8 Å². The number of allylic oxidation sites excluding steroid dienone is 1. The van der Waals surface area contributed by atoms with Gasteiger partial charge in [0.15, 0.2) is 0 Å². The summed E-state index contributed by atoms with van der Waals surface area (Å²) in [4.78, 5) is 20.6. The van der Waals surface area contributed by atoms with E-state index >= 15 is 0 Å². The van der Waals surface area contributed by atoms with Crippen LogP contribution in [0.5, 0.6) is 5.88 Å². The second-order valence-corrected chi connectivity index (χ2v) is 6.87. The zero-order valence-electron chi connectivity index (χ0n) is 17.5. The van der Waals surface area contributed by atoms with Gasteiger partial charge in [-0.2, -0.15) is 0 Å². The number of nitrogens with zero attached hydrogens (tertiary/aromatic N) is 3. The maximum atomic E-state index is 12.0. The molecule has 2 aromatic heterocycles. The van der Waals surface area contributed by atoms with Crippen LogP contribution in [-0.4, -0.2) is 34.2 Å². The van der Waals surface area contributed by atoms with Crippen LogP contribution in [0.15, 0.2) is 79.3 Å². The molecule has 0 unspecified atom stereocenters. The van der Waals surface area contributed by atoms with E-state index in [2.05, 4.69) is 32.7 Å². The molecule has 4 rings (SSSR count). The molecule has 2 aromatic carbocycles. The van der Waals surface area contributed by atoms with Crippen molar-refractivity contribution in [1.29, 1.82) is 0 Å². The van der Waals surface area contributed by atoms with Gasteiger partial charge in [-0.05, 0) is 41.8 Å². The highest BCUT2D eigenvalue weighted by Gasteiger charge is 2.11. The Hall–Kier alpha value is -3.93. The molecule has 156 valence electrons. The molecule has 0 aliphatic heterocycles. The van der Waals surface area contributed by atoms with E-state index in [-0.39, 0.29) is 5.97 Å². The van der Waals surface area contributed by atoms with Crippen LogP contribution >= 0.6 is 0 Å². The summed E-state index contributed by atoms with van der Waals surface area (Å²) in [7, 11) is 1.60. The molecule has 0 fully saturated rings. The number of ether oxygens (including phenoxy) is 2. The summed E-state index contributed by atoms with van der Waals surface area (Å²) in [6.07, 6.45) is 5.64. The second-order valence-electron chi connectivity index (χ2n) is 6.87. The lowest BCUT2D eigenvalue weighted by atomic mass is 9.96. The lowest BCUT2D eigenvalue weighted by Gasteiger charge is -2.11. The first-order valence-electron chi connectivity index (χ1n) is 10.1. The van der Waals surface area contributed by atoms with Gasteiger partial charge in [0, 0.05) is 12.7 Å². The minimum Gasteiger partial charge on any atom is -0.480 e. The molecule has 4 aromatic rings. The predicted octanol–water partition coefficient (Wildman–Crippen LogP) is 4.75. The highest BCUT2D eigenvalue weighted by Crippen LogP contribution is 2.26. The Morgan fingerprint density at radius 3 is 2.39 bits per heavy atom. The molecule has 31 heavy (non-hydrogen) atoms. The fourth-order valence-corrected chi connectivity index (χ4v) is 3.50. The van der Waals surface area contributed by atoms with E-state index in [4.69, 9.17) is 9.47 Å². The van der Waals surface area contributed by atoms with E-state index in [1.807, 2.05) is 42.6 Å². The van der Waals surface area contributed by atoms with Crippen molar-refractivity contribution >= 4 is 22.6 Å². The normalized spacial score (nSPS) is 11.5. The smallest absolute Gasteiger partial charge is 0.338 e. The summed E-state index contributed by atoms with van der Waals surface area (Å²) in [5.41, 5.74) is 4.53. The number of carbonyl (C=O) groups excluding carboxylic acids is 1. The van der Waals surface area contributed by atoms with E-state index in [9.17, 15) is 4.79 Å². The monoisotopic (exact) mass is 413 g/mol. The molecule has 0 atom stereocenters. The van der Waals surface area contributed by atoms with Crippen LogP contribution < -0.4 is 4.74 Å². The van der Waals surface area contributed by atoms with Crippen molar-refractivity contribution in [3.63, 3.8) is 0 Å². The van der Waals surface area contributed by atoms with Gasteiger partial charge in [-0.1, -0.05) is 48.5 Å². The largest absolute Gasteiger partial charge is 0.480 e. The molecule has 0 aliphatic rings. The third kappa shape index (κ3) is 4.33. The van der Waals surface area contributed by atoms with Crippen LogP contribution in [0, 0.1) is 0 Å². The van der Waals surface area contributed by atoms with Gasteiger partial charge >= 0.3 is 5.97 Å². The topological polar surface area (TPSA) is 66.2 Å². The number of fused-ring (bicyclic) bond motifs is 1. The molecule has 0 N–H and O–H groups in total. The zero-order valence-corrected chi connectivity index (χ0v) is 17.5. The van der Waals surface area contributed by atoms with E-state index in [1.54, 1.807) is 26.2 Å². The average Bonchev–Trinajstić information content (AvgIpc) is 3.24. The predicted molar refractivity (Wildman–Crippen MR) is 120 cm³/mol. The van der Waals surface area contributed by atoms with E-state index in [0.717, 1.165) is 27.7 Å². The van der Waals surface area contributed by atoms with Crippen LogP contribution in [-0.2, 0) is 11.3 Å². The summed E-state index contributed by atoms with van der Waals surface area (Å²) >= 11 is 0. The first kappa shape index (κ1) is 20.3. The fourth-order valence-electron chi connectivity index (χ4n) is 3.50. The Morgan fingerprint density at radius 2 is 1.68 bits per heavy atom. The van der Waals surface area contributed by atoms with Crippen molar-refractivity contribution in [3.05, 3.63) is 96.0 Å². The highest BCUT2D eigenvalue weighted by atomic mass is 16.5. The Bertz CT molecular complexity index is 1210. The van der Waals surface area contributed by atoms with Crippen molar-refractivity contribution < 1.29 is 14.3 Å². The van der Waals surface area contributed by atoms with Crippen molar-refractivity contribution in [3.8, 4) is 5.88 Å². The zero-order chi connectivity index (χ0) is 21.6. The van der Waals surface area contributed by atoms with Gasteiger partial charge in [0.05, 0.1) is 24.7 Å². The molecule has 0 radical (unpaired) electrons. The fraction of sp³-hybridized carbons (Fsp3) is 0.160. The lowest BCUT2D eigenvalue weighted by Crippen LogP contribution is -2.04. The van der Waals surface area contributed by atoms with Crippen LogP contribution in [0.4, 0.5) is 0 Å². The Kier molecular flexibility index (Phi) is 6.08. The molecule has 6 heteroatoms. The van der Waals surface area contributed by atoms with Gasteiger partial charge < -0.3 is 14.0 Å². The van der Waals surface area contributed by atoms with Crippen molar-refractivity contribution in [2.45, 2.75) is 13.5 Å². The van der Waals surface area contributed by atoms with Crippen LogP contribution in [0.1, 0.15) is 28.4 Å². The van der Waals surface area contributed by atoms with E-state index in [1.165, 1.54) is 6.33 Å².